The van der Waals surface area contributed by atoms with E-state index in [1.54, 1.807) is 31.4 Å². The standard InChI is InChI=1S/C18H16N4O6S/c1-28-14-8-6-11(7-9-14)19-15-10-16(23)18(24)21-17(15)20-12-2-4-13(5-3-12)22-29(25,26)27/h2-10,19,22H,1H3,(H,20,21,24)(H,25,26,27). The number of aliphatic imine (C=N–C) groups is 1. The number of anilines is 2. The van der Waals surface area contributed by atoms with Gasteiger partial charge in [-0.25, -0.2) is 4.99 Å². The minimum Gasteiger partial charge on any atom is -0.497 e. The van der Waals surface area contributed by atoms with E-state index in [-0.39, 0.29) is 17.2 Å². The first-order valence-electron chi connectivity index (χ1n) is 8.16. The zero-order valence-corrected chi connectivity index (χ0v) is 15.9. The summed E-state index contributed by atoms with van der Waals surface area (Å²) in [7, 11) is -2.84. The molecule has 1 aliphatic rings. The number of carbonyl (C=O) groups excluding carboxylic acids is 2. The Labute approximate surface area is 166 Å². The Morgan fingerprint density at radius 1 is 1.00 bits per heavy atom. The molecule has 4 N–H and O–H groups in total. The molecule has 0 radical (unpaired) electrons. The normalized spacial score (nSPS) is 15.5. The maximum absolute atomic E-state index is 11.8. The number of hydrogen-bond acceptors (Lipinski definition) is 7. The predicted octanol–water partition coefficient (Wildman–Crippen LogP) is 1.63. The third-order valence-corrected chi connectivity index (χ3v) is 4.20. The van der Waals surface area contributed by atoms with Crippen molar-refractivity contribution in [1.29, 1.82) is 0 Å². The number of nitrogens with one attached hydrogen (secondary N) is 3. The van der Waals surface area contributed by atoms with E-state index >= 15 is 0 Å². The Balaban J connectivity index is 1.87. The lowest BCUT2D eigenvalue weighted by Crippen LogP contribution is -2.42. The fraction of sp³-hybridized carbons (Fsp3) is 0.0556. The Kier molecular flexibility index (Phi) is 5.61. The van der Waals surface area contributed by atoms with E-state index in [4.69, 9.17) is 9.29 Å². The molecule has 1 heterocycles. The highest BCUT2D eigenvalue weighted by atomic mass is 32.2. The molecule has 1 aliphatic heterocycles. The maximum atomic E-state index is 11.8. The molecule has 10 nitrogen and oxygen atoms in total. The molecule has 150 valence electrons. The van der Waals surface area contributed by atoms with Crippen LogP contribution in [0, 0.1) is 0 Å². The van der Waals surface area contributed by atoms with E-state index in [0.717, 1.165) is 6.08 Å². The number of nitrogens with zero attached hydrogens (tertiary/aromatic N) is 1. The van der Waals surface area contributed by atoms with Gasteiger partial charge in [0.15, 0.2) is 5.84 Å². The van der Waals surface area contributed by atoms with Gasteiger partial charge in [0, 0.05) is 11.8 Å². The summed E-state index contributed by atoms with van der Waals surface area (Å²) in [5.74, 6) is -0.785. The minimum atomic E-state index is -4.39. The second kappa shape index (κ2) is 8.12. The van der Waals surface area contributed by atoms with Crippen LogP contribution < -0.4 is 20.1 Å². The van der Waals surface area contributed by atoms with Gasteiger partial charge in [-0.15, -0.1) is 0 Å². The van der Waals surface area contributed by atoms with Crippen LogP contribution in [0.4, 0.5) is 17.1 Å². The molecular formula is C18H16N4O6S. The van der Waals surface area contributed by atoms with Crippen LogP contribution in [-0.2, 0) is 19.9 Å². The highest BCUT2D eigenvalue weighted by Gasteiger charge is 2.24. The van der Waals surface area contributed by atoms with Crippen molar-refractivity contribution in [2.24, 2.45) is 4.99 Å². The number of methoxy groups -OCH3 is 1. The number of carbonyl (C=O) groups is 2. The molecule has 0 spiro atoms. The number of benzene rings is 2. The van der Waals surface area contributed by atoms with Crippen LogP contribution >= 0.6 is 0 Å². The fourth-order valence-corrected chi connectivity index (χ4v) is 2.83. The van der Waals surface area contributed by atoms with Gasteiger partial charge in [0.1, 0.15) is 5.75 Å². The van der Waals surface area contributed by atoms with E-state index in [1.807, 2.05) is 4.72 Å². The molecule has 2 aromatic carbocycles. The molecule has 0 unspecified atom stereocenters. The summed E-state index contributed by atoms with van der Waals surface area (Å²) in [6, 6.07) is 12.6. The van der Waals surface area contributed by atoms with Crippen molar-refractivity contribution in [1.82, 2.24) is 5.32 Å². The highest BCUT2D eigenvalue weighted by molar-refractivity contribution is 7.87. The van der Waals surface area contributed by atoms with Crippen molar-refractivity contribution >= 4 is 44.9 Å². The number of ketones is 1. The predicted molar refractivity (Wildman–Crippen MR) is 107 cm³/mol. The first-order valence-corrected chi connectivity index (χ1v) is 9.60. The van der Waals surface area contributed by atoms with E-state index in [2.05, 4.69) is 15.6 Å². The first-order chi connectivity index (χ1) is 13.7. The van der Waals surface area contributed by atoms with Crippen LogP contribution in [0.1, 0.15) is 0 Å². The Hall–Kier alpha value is -3.70. The number of ether oxygens (including phenoxy) is 1. The summed E-state index contributed by atoms with van der Waals surface area (Å²) in [5.41, 5.74) is 1.42. The molecule has 0 aromatic heterocycles. The van der Waals surface area contributed by atoms with E-state index in [1.165, 1.54) is 24.3 Å². The highest BCUT2D eigenvalue weighted by Crippen LogP contribution is 2.21. The lowest BCUT2D eigenvalue weighted by molar-refractivity contribution is -0.134. The molecule has 0 saturated carbocycles. The quantitative estimate of drug-likeness (QED) is 0.413. The average Bonchev–Trinajstić information content (AvgIpc) is 2.67. The molecule has 0 bridgehead atoms. The molecule has 2 aromatic rings. The van der Waals surface area contributed by atoms with Gasteiger partial charge in [-0.2, -0.15) is 8.42 Å². The van der Waals surface area contributed by atoms with Crippen LogP contribution in [0.2, 0.25) is 0 Å². The Morgan fingerprint density at radius 2 is 1.62 bits per heavy atom. The second-order valence-corrected chi connectivity index (χ2v) is 6.97. The smallest absolute Gasteiger partial charge is 0.357 e. The molecule has 1 amide bonds. The van der Waals surface area contributed by atoms with Crippen LogP contribution in [0.3, 0.4) is 0 Å². The van der Waals surface area contributed by atoms with Gasteiger partial charge in [-0.05, 0) is 48.5 Å². The fourth-order valence-electron chi connectivity index (χ4n) is 2.40. The zero-order chi connectivity index (χ0) is 21.0. The van der Waals surface area contributed by atoms with Crippen molar-refractivity contribution < 1.29 is 27.3 Å². The summed E-state index contributed by atoms with van der Waals surface area (Å²) >= 11 is 0. The molecule has 11 heteroatoms. The molecular weight excluding hydrogens is 400 g/mol. The number of amides is 1. The minimum absolute atomic E-state index is 0.112. The Bertz CT molecular complexity index is 1110. The summed E-state index contributed by atoms with van der Waals surface area (Å²) in [6.45, 7) is 0. The second-order valence-electron chi connectivity index (χ2n) is 5.81. The molecule has 0 atom stereocenters. The van der Waals surface area contributed by atoms with Gasteiger partial charge in [-0.3, -0.25) is 18.9 Å². The molecule has 0 saturated heterocycles. The summed E-state index contributed by atoms with van der Waals surface area (Å²) in [5, 5.41) is 5.43. The lowest BCUT2D eigenvalue weighted by Gasteiger charge is -2.18. The average molecular weight is 416 g/mol. The van der Waals surface area contributed by atoms with Crippen LogP contribution in [0.25, 0.3) is 0 Å². The summed E-state index contributed by atoms with van der Waals surface area (Å²) in [6.07, 6.45) is 1.14. The van der Waals surface area contributed by atoms with Crippen molar-refractivity contribution in [3.63, 3.8) is 0 Å². The molecule has 29 heavy (non-hydrogen) atoms. The van der Waals surface area contributed by atoms with E-state index < -0.39 is 22.0 Å². The van der Waals surface area contributed by atoms with Gasteiger partial charge in [0.2, 0.25) is 5.78 Å². The number of hydrogen-bond donors (Lipinski definition) is 4. The van der Waals surface area contributed by atoms with Crippen molar-refractivity contribution in [2.75, 3.05) is 17.1 Å². The number of rotatable bonds is 6. The molecule has 0 fully saturated rings. The van der Waals surface area contributed by atoms with Gasteiger partial charge in [0.05, 0.1) is 24.2 Å². The van der Waals surface area contributed by atoms with Crippen molar-refractivity contribution in [3.05, 3.63) is 60.3 Å². The topological polar surface area (TPSA) is 146 Å². The third kappa shape index (κ3) is 5.40. The van der Waals surface area contributed by atoms with Gasteiger partial charge >= 0.3 is 10.3 Å². The van der Waals surface area contributed by atoms with Crippen LogP contribution in [-0.4, -0.2) is 37.6 Å². The van der Waals surface area contributed by atoms with E-state index in [9.17, 15) is 18.0 Å². The Morgan fingerprint density at radius 3 is 2.21 bits per heavy atom. The zero-order valence-electron chi connectivity index (χ0n) is 15.0. The van der Waals surface area contributed by atoms with Gasteiger partial charge in [-0.1, -0.05) is 0 Å². The molecule has 0 aliphatic carbocycles. The van der Waals surface area contributed by atoms with Crippen molar-refractivity contribution in [3.8, 4) is 5.75 Å². The van der Waals surface area contributed by atoms with Crippen LogP contribution in [0.5, 0.6) is 5.75 Å². The molecule has 3 rings (SSSR count). The van der Waals surface area contributed by atoms with Crippen molar-refractivity contribution in [2.45, 2.75) is 0 Å². The third-order valence-electron chi connectivity index (χ3n) is 3.71. The summed E-state index contributed by atoms with van der Waals surface area (Å²) in [4.78, 5) is 27.8. The van der Waals surface area contributed by atoms with E-state index in [0.29, 0.717) is 17.1 Å². The largest absolute Gasteiger partial charge is 0.497 e. The van der Waals surface area contributed by atoms with Gasteiger partial charge < -0.3 is 15.4 Å². The SMILES string of the molecule is COc1ccc(NC2=CC(=O)C(=O)NC2=Nc2ccc(NS(=O)(=O)O)cc2)cc1. The van der Waals surface area contributed by atoms with Gasteiger partial charge in [0.25, 0.3) is 5.91 Å². The monoisotopic (exact) mass is 416 g/mol. The summed E-state index contributed by atoms with van der Waals surface area (Å²) < 4.78 is 37.5. The van der Waals surface area contributed by atoms with Crippen LogP contribution in [0.15, 0.2) is 65.3 Å². The number of amidine groups is 1. The lowest BCUT2D eigenvalue weighted by atomic mass is 10.2. The maximum Gasteiger partial charge on any atom is 0.357 e. The first kappa shape index (κ1) is 20.0.